The number of carbonyl (C=O) groups excluding carboxylic acids is 2. The number of nitrogens with one attached hydrogen (secondary N) is 2. The summed E-state index contributed by atoms with van der Waals surface area (Å²) in [4.78, 5) is 22.9. The van der Waals surface area contributed by atoms with Gasteiger partial charge in [-0.2, -0.15) is 0 Å². The number of rotatable bonds is 10. The fraction of sp³-hybridized carbons (Fsp3) is 0.391. The molecule has 30 heavy (non-hydrogen) atoms. The summed E-state index contributed by atoms with van der Waals surface area (Å²) in [7, 11) is 0. The number of carbonyl (C=O) groups is 2. The van der Waals surface area contributed by atoms with E-state index in [2.05, 4.69) is 17.6 Å². The maximum Gasteiger partial charge on any atom is 0.308 e. The van der Waals surface area contributed by atoms with E-state index in [9.17, 15) is 9.59 Å². The molecule has 0 aliphatic carbocycles. The lowest BCUT2D eigenvalue weighted by Gasteiger charge is -2.17. The van der Waals surface area contributed by atoms with Gasteiger partial charge in [-0.3, -0.25) is 9.59 Å². The SMILES string of the molecule is CCCCCOc1ccc(CNc2cc(OC(C)=O)cc(C)c2NC(C)=O)c(Cl)c1. The topological polar surface area (TPSA) is 76.7 Å². The van der Waals surface area contributed by atoms with E-state index in [0.717, 1.165) is 36.1 Å². The van der Waals surface area contributed by atoms with Crippen LogP contribution in [0.5, 0.6) is 11.5 Å². The van der Waals surface area contributed by atoms with Crippen LogP contribution in [0.1, 0.15) is 51.2 Å². The van der Waals surface area contributed by atoms with Crippen molar-refractivity contribution in [2.45, 2.75) is 53.5 Å². The molecule has 0 spiro atoms. The molecule has 2 aromatic carbocycles. The van der Waals surface area contributed by atoms with Gasteiger partial charge in [-0.25, -0.2) is 0 Å². The number of hydrogen-bond acceptors (Lipinski definition) is 5. The Morgan fingerprint density at radius 1 is 1.07 bits per heavy atom. The van der Waals surface area contributed by atoms with Crippen molar-refractivity contribution in [2.24, 2.45) is 0 Å². The molecule has 2 aromatic rings. The highest BCUT2D eigenvalue weighted by Crippen LogP contribution is 2.33. The molecule has 1 amide bonds. The van der Waals surface area contributed by atoms with Crippen LogP contribution in [0.25, 0.3) is 0 Å². The fourth-order valence-corrected chi connectivity index (χ4v) is 3.19. The molecule has 6 nitrogen and oxygen atoms in total. The fourth-order valence-electron chi connectivity index (χ4n) is 2.95. The van der Waals surface area contributed by atoms with Crippen molar-refractivity contribution in [1.82, 2.24) is 0 Å². The van der Waals surface area contributed by atoms with Crippen LogP contribution in [0, 0.1) is 6.92 Å². The van der Waals surface area contributed by atoms with Crippen molar-refractivity contribution in [3.63, 3.8) is 0 Å². The highest BCUT2D eigenvalue weighted by Gasteiger charge is 2.13. The normalized spacial score (nSPS) is 10.4. The summed E-state index contributed by atoms with van der Waals surface area (Å²) in [5.41, 5.74) is 2.91. The van der Waals surface area contributed by atoms with Gasteiger partial charge in [0, 0.05) is 31.5 Å². The number of unbranched alkanes of at least 4 members (excludes halogenated alkanes) is 2. The zero-order chi connectivity index (χ0) is 22.1. The lowest BCUT2D eigenvalue weighted by Crippen LogP contribution is -2.12. The Labute approximate surface area is 182 Å². The van der Waals surface area contributed by atoms with Gasteiger partial charge in [0.05, 0.1) is 18.0 Å². The molecule has 2 N–H and O–H groups in total. The van der Waals surface area contributed by atoms with Crippen molar-refractivity contribution >= 4 is 34.9 Å². The second kappa shape index (κ2) is 11.5. The van der Waals surface area contributed by atoms with E-state index in [-0.39, 0.29) is 5.91 Å². The number of halogens is 1. The Morgan fingerprint density at radius 2 is 1.83 bits per heavy atom. The predicted molar refractivity (Wildman–Crippen MR) is 121 cm³/mol. The second-order valence-electron chi connectivity index (χ2n) is 7.10. The van der Waals surface area contributed by atoms with E-state index in [1.165, 1.54) is 13.8 Å². The van der Waals surface area contributed by atoms with Gasteiger partial charge in [0.15, 0.2) is 0 Å². The maximum absolute atomic E-state index is 11.6. The molecule has 0 bridgehead atoms. The maximum atomic E-state index is 11.6. The Morgan fingerprint density at radius 3 is 2.47 bits per heavy atom. The van der Waals surface area contributed by atoms with Crippen molar-refractivity contribution in [2.75, 3.05) is 17.2 Å². The molecule has 0 heterocycles. The highest BCUT2D eigenvalue weighted by molar-refractivity contribution is 6.31. The second-order valence-corrected chi connectivity index (χ2v) is 7.51. The summed E-state index contributed by atoms with van der Waals surface area (Å²) in [6.45, 7) is 7.87. The van der Waals surface area contributed by atoms with Gasteiger partial charge in [0.2, 0.25) is 5.91 Å². The van der Waals surface area contributed by atoms with Crippen molar-refractivity contribution in [1.29, 1.82) is 0 Å². The minimum Gasteiger partial charge on any atom is -0.494 e. The van der Waals surface area contributed by atoms with E-state index in [0.29, 0.717) is 35.3 Å². The Kier molecular flexibility index (Phi) is 8.99. The van der Waals surface area contributed by atoms with Crippen LogP contribution in [0.15, 0.2) is 30.3 Å². The molecule has 2 rings (SSSR count). The van der Waals surface area contributed by atoms with E-state index in [1.54, 1.807) is 18.2 Å². The third kappa shape index (κ3) is 7.26. The van der Waals surface area contributed by atoms with Crippen molar-refractivity contribution < 1.29 is 19.1 Å². The predicted octanol–water partition coefficient (Wildman–Crippen LogP) is 5.71. The van der Waals surface area contributed by atoms with E-state index in [1.807, 2.05) is 19.1 Å². The van der Waals surface area contributed by atoms with Gasteiger partial charge >= 0.3 is 5.97 Å². The first-order valence-corrected chi connectivity index (χ1v) is 10.4. The van der Waals surface area contributed by atoms with Gasteiger partial charge in [-0.15, -0.1) is 0 Å². The van der Waals surface area contributed by atoms with Crippen molar-refractivity contribution in [3.8, 4) is 11.5 Å². The van der Waals surface area contributed by atoms with Crippen molar-refractivity contribution in [3.05, 3.63) is 46.5 Å². The molecule has 0 unspecified atom stereocenters. The first-order valence-electron chi connectivity index (χ1n) is 10.1. The smallest absolute Gasteiger partial charge is 0.308 e. The van der Waals surface area contributed by atoms with E-state index >= 15 is 0 Å². The molecular formula is C23H29ClN2O4. The van der Waals surface area contributed by atoms with E-state index < -0.39 is 5.97 Å². The van der Waals surface area contributed by atoms with Crippen LogP contribution in [-0.2, 0) is 16.1 Å². The molecule has 0 aliphatic heterocycles. The summed E-state index contributed by atoms with van der Waals surface area (Å²) in [6, 6.07) is 8.99. The molecule has 0 aliphatic rings. The Balaban J connectivity index is 2.15. The number of esters is 1. The van der Waals surface area contributed by atoms with Crippen LogP contribution in [-0.4, -0.2) is 18.5 Å². The average Bonchev–Trinajstić information content (AvgIpc) is 2.66. The molecule has 0 aromatic heterocycles. The molecule has 162 valence electrons. The summed E-state index contributed by atoms with van der Waals surface area (Å²) >= 11 is 6.43. The van der Waals surface area contributed by atoms with Gasteiger partial charge < -0.3 is 20.1 Å². The lowest BCUT2D eigenvalue weighted by molar-refractivity contribution is -0.131. The Bertz CT molecular complexity index is 899. The number of amides is 1. The minimum absolute atomic E-state index is 0.191. The zero-order valence-corrected chi connectivity index (χ0v) is 18.7. The molecule has 0 atom stereocenters. The first-order chi connectivity index (χ1) is 14.3. The summed E-state index contributed by atoms with van der Waals surface area (Å²) < 4.78 is 10.9. The first kappa shape index (κ1) is 23.5. The molecule has 0 saturated carbocycles. The number of hydrogen-bond donors (Lipinski definition) is 2. The Hall–Kier alpha value is -2.73. The van der Waals surface area contributed by atoms with Crippen LogP contribution in [0.4, 0.5) is 11.4 Å². The molecule has 7 heteroatoms. The van der Waals surface area contributed by atoms with Crippen LogP contribution >= 0.6 is 11.6 Å². The average molecular weight is 433 g/mol. The number of aryl methyl sites for hydroxylation is 1. The number of anilines is 2. The van der Waals surface area contributed by atoms with Gasteiger partial charge in [0.1, 0.15) is 11.5 Å². The summed E-state index contributed by atoms with van der Waals surface area (Å²) in [5, 5.41) is 6.69. The lowest BCUT2D eigenvalue weighted by atomic mass is 10.1. The molecule has 0 radical (unpaired) electrons. The van der Waals surface area contributed by atoms with E-state index in [4.69, 9.17) is 21.1 Å². The zero-order valence-electron chi connectivity index (χ0n) is 17.9. The van der Waals surface area contributed by atoms with Crippen LogP contribution in [0.2, 0.25) is 5.02 Å². The van der Waals surface area contributed by atoms with Gasteiger partial charge in [0.25, 0.3) is 0 Å². The van der Waals surface area contributed by atoms with Gasteiger partial charge in [-0.05, 0) is 42.7 Å². The highest BCUT2D eigenvalue weighted by atomic mass is 35.5. The molecule has 0 fully saturated rings. The summed E-state index contributed by atoms with van der Waals surface area (Å²) in [5.74, 6) is 0.541. The summed E-state index contributed by atoms with van der Waals surface area (Å²) in [6.07, 6.45) is 3.30. The van der Waals surface area contributed by atoms with Crippen LogP contribution < -0.4 is 20.1 Å². The van der Waals surface area contributed by atoms with Gasteiger partial charge in [-0.1, -0.05) is 37.4 Å². The third-order valence-electron chi connectivity index (χ3n) is 4.38. The quantitative estimate of drug-likeness (QED) is 0.285. The number of ether oxygens (including phenoxy) is 2. The standard InChI is InChI=1S/C23H29ClN2O4/c1-5-6-7-10-29-19-9-8-18(21(24)12-19)14-25-22-13-20(30-17(4)28)11-15(2)23(22)26-16(3)27/h8-9,11-13,25H,5-7,10,14H2,1-4H3,(H,26,27). The third-order valence-corrected chi connectivity index (χ3v) is 4.73. The number of benzene rings is 2. The molecule has 0 saturated heterocycles. The minimum atomic E-state index is -0.412. The monoisotopic (exact) mass is 432 g/mol. The van der Waals surface area contributed by atoms with Crippen LogP contribution in [0.3, 0.4) is 0 Å². The molecular weight excluding hydrogens is 404 g/mol. The largest absolute Gasteiger partial charge is 0.494 e.